The van der Waals surface area contributed by atoms with Crippen LogP contribution in [0.1, 0.15) is 13.3 Å². The SMILES string of the molecule is C#CC(=O)[O-].C#CC(=O)[O-].CC(=O)CC(=O)[O-].[Al+3]. The number of Topliss-reactive ketones (excluding diaryl/α,β-unsaturated/α-hetero) is 1. The molecule has 0 aromatic carbocycles. The average Bonchev–Trinajstić information content (AvgIpc) is 2.17. The van der Waals surface area contributed by atoms with Gasteiger partial charge in [-0.2, -0.15) is 0 Å². The molecule has 0 atom stereocenters. The number of aliphatic carboxylic acids is 3. The topological polar surface area (TPSA) is 137 Å². The first-order valence-electron chi connectivity index (χ1n) is 3.71. The number of ketones is 1. The average molecular weight is 266 g/mol. The summed E-state index contributed by atoms with van der Waals surface area (Å²) in [6.45, 7) is 1.20. The molecule has 7 nitrogen and oxygen atoms in total. The summed E-state index contributed by atoms with van der Waals surface area (Å²) in [6.07, 6.45) is 8.05. The summed E-state index contributed by atoms with van der Waals surface area (Å²) < 4.78 is 0. The Morgan fingerprint density at radius 2 is 1.17 bits per heavy atom. The Hall–Kier alpha value is -2.27. The van der Waals surface area contributed by atoms with E-state index in [2.05, 4.69) is 12.8 Å². The smallest absolute Gasteiger partial charge is 0.550 e. The van der Waals surface area contributed by atoms with Crippen molar-refractivity contribution < 1.29 is 34.5 Å². The van der Waals surface area contributed by atoms with Crippen molar-refractivity contribution in [1.82, 2.24) is 0 Å². The van der Waals surface area contributed by atoms with Crippen LogP contribution in [0.4, 0.5) is 0 Å². The Labute approximate surface area is 114 Å². The maximum absolute atomic E-state index is 9.83. The number of carboxylic acid groups (broad SMARTS) is 3. The van der Waals surface area contributed by atoms with Crippen molar-refractivity contribution in [2.75, 3.05) is 0 Å². The van der Waals surface area contributed by atoms with Crippen LogP contribution in [0.2, 0.25) is 0 Å². The Morgan fingerprint density at radius 1 is 0.944 bits per heavy atom. The van der Waals surface area contributed by atoms with E-state index in [0.29, 0.717) is 0 Å². The van der Waals surface area contributed by atoms with E-state index < -0.39 is 24.3 Å². The van der Waals surface area contributed by atoms with Crippen LogP contribution in [0, 0.1) is 24.7 Å². The van der Waals surface area contributed by atoms with E-state index in [1.165, 1.54) is 18.8 Å². The first kappa shape index (κ1) is 24.8. The molecule has 0 rings (SSSR count). The van der Waals surface area contributed by atoms with Gasteiger partial charge in [-0.05, 0) is 6.92 Å². The number of carbonyl (C=O) groups is 4. The van der Waals surface area contributed by atoms with Crippen LogP contribution < -0.4 is 15.3 Å². The van der Waals surface area contributed by atoms with Crippen molar-refractivity contribution in [3.05, 3.63) is 0 Å². The second kappa shape index (κ2) is 17.1. The van der Waals surface area contributed by atoms with E-state index >= 15 is 0 Å². The molecule has 0 aliphatic heterocycles. The van der Waals surface area contributed by atoms with Crippen LogP contribution in [-0.2, 0) is 19.2 Å². The Morgan fingerprint density at radius 3 is 1.17 bits per heavy atom. The van der Waals surface area contributed by atoms with Crippen LogP contribution in [0.25, 0.3) is 0 Å². The van der Waals surface area contributed by atoms with Crippen molar-refractivity contribution >= 4 is 41.1 Å². The van der Waals surface area contributed by atoms with Gasteiger partial charge in [0.05, 0.1) is 0 Å². The summed E-state index contributed by atoms with van der Waals surface area (Å²) in [6, 6.07) is 0. The summed E-state index contributed by atoms with van der Waals surface area (Å²) >= 11 is 0. The molecule has 8 heteroatoms. The molecule has 0 bridgehead atoms. The molecule has 0 saturated heterocycles. The normalized spacial score (nSPS) is 6.17. The van der Waals surface area contributed by atoms with Gasteiger partial charge in [0, 0.05) is 12.4 Å². The van der Waals surface area contributed by atoms with Crippen LogP contribution in [0.15, 0.2) is 0 Å². The van der Waals surface area contributed by atoms with Crippen molar-refractivity contribution in [3.63, 3.8) is 0 Å². The van der Waals surface area contributed by atoms with Gasteiger partial charge in [-0.1, -0.05) is 11.8 Å². The molecule has 0 saturated carbocycles. The fraction of sp³-hybridized carbons (Fsp3) is 0.200. The van der Waals surface area contributed by atoms with E-state index in [9.17, 15) is 14.7 Å². The maximum atomic E-state index is 9.83. The Balaban J connectivity index is -0.0000000813. The van der Waals surface area contributed by atoms with Gasteiger partial charge in [-0.25, -0.2) is 0 Å². The minimum Gasteiger partial charge on any atom is -0.550 e. The molecular formula is C10H7AlO7. The minimum atomic E-state index is -1.47. The van der Waals surface area contributed by atoms with E-state index in [0.717, 1.165) is 0 Å². The molecule has 0 spiro atoms. The second-order valence-corrected chi connectivity index (χ2v) is 2.11. The fourth-order valence-corrected chi connectivity index (χ4v) is 0.203. The molecule has 0 heterocycles. The van der Waals surface area contributed by atoms with Gasteiger partial charge in [0.25, 0.3) is 0 Å². The predicted octanol–water partition coefficient (Wildman–Crippen LogP) is -4.93. The largest absolute Gasteiger partial charge is 3.00 e. The third kappa shape index (κ3) is 67.7. The van der Waals surface area contributed by atoms with E-state index in [4.69, 9.17) is 19.8 Å². The molecule has 92 valence electrons. The molecule has 0 aliphatic carbocycles. The van der Waals surface area contributed by atoms with Gasteiger partial charge in [0.2, 0.25) is 0 Å². The molecule has 0 aromatic heterocycles. The molecule has 0 amide bonds. The standard InChI is InChI=1S/C4H6O3.2C3H2O2.Al/c1-3(5)2-4(6)7;2*1-2-3(4)5;/h2H2,1H3,(H,6,7);2*1H,(H,4,5);/q;;;+3/p-3. The Kier molecular flexibility index (Phi) is 23.6. The summed E-state index contributed by atoms with van der Waals surface area (Å²) in [7, 11) is 0. The van der Waals surface area contributed by atoms with E-state index in [1.807, 2.05) is 0 Å². The number of hydrogen-bond acceptors (Lipinski definition) is 7. The van der Waals surface area contributed by atoms with Crippen molar-refractivity contribution in [3.8, 4) is 24.7 Å². The molecule has 0 fully saturated rings. The minimum absolute atomic E-state index is 0. The fourth-order valence-electron chi connectivity index (χ4n) is 0.203. The van der Waals surface area contributed by atoms with Gasteiger partial charge in [0.15, 0.2) is 0 Å². The van der Waals surface area contributed by atoms with Gasteiger partial charge < -0.3 is 29.7 Å². The predicted molar refractivity (Wildman–Crippen MR) is 53.7 cm³/mol. The molecule has 0 aromatic rings. The third-order valence-corrected chi connectivity index (χ3v) is 0.629. The third-order valence-electron chi connectivity index (χ3n) is 0.629. The summed E-state index contributed by atoms with van der Waals surface area (Å²) in [5.74, 6) is -1.96. The molecule has 0 aliphatic rings. The van der Waals surface area contributed by atoms with Crippen molar-refractivity contribution in [2.45, 2.75) is 13.3 Å². The molecular weight excluding hydrogens is 259 g/mol. The maximum Gasteiger partial charge on any atom is 3.00 e. The second-order valence-electron chi connectivity index (χ2n) is 2.11. The number of rotatable bonds is 2. The van der Waals surface area contributed by atoms with E-state index in [1.54, 1.807) is 0 Å². The quantitative estimate of drug-likeness (QED) is 0.277. The van der Waals surface area contributed by atoms with Crippen LogP contribution >= 0.6 is 0 Å². The summed E-state index contributed by atoms with van der Waals surface area (Å²) in [5, 5.41) is 27.5. The number of hydrogen-bond donors (Lipinski definition) is 0. The van der Waals surface area contributed by atoms with Crippen LogP contribution in [0.3, 0.4) is 0 Å². The van der Waals surface area contributed by atoms with Crippen molar-refractivity contribution in [1.29, 1.82) is 0 Å². The van der Waals surface area contributed by atoms with Gasteiger partial charge in [-0.15, -0.1) is 12.8 Å². The molecule has 0 N–H and O–H groups in total. The van der Waals surface area contributed by atoms with Crippen molar-refractivity contribution in [2.24, 2.45) is 0 Å². The van der Waals surface area contributed by atoms with Gasteiger partial charge in [-0.3, -0.25) is 4.79 Å². The number of carbonyl (C=O) groups excluding carboxylic acids is 4. The first-order chi connectivity index (χ1) is 7.67. The monoisotopic (exact) mass is 266 g/mol. The zero-order valence-corrected chi connectivity index (χ0v) is 10.5. The Bertz CT molecular complexity index is 337. The zero-order valence-electron chi connectivity index (χ0n) is 9.30. The van der Waals surface area contributed by atoms with Gasteiger partial charge in [0.1, 0.15) is 17.7 Å². The summed E-state index contributed by atoms with van der Waals surface area (Å²) in [4.78, 5) is 37.4. The molecule has 0 unspecified atom stereocenters. The molecule has 0 radical (unpaired) electrons. The number of terminal acetylenes is 2. The first-order valence-corrected chi connectivity index (χ1v) is 3.71. The van der Waals surface area contributed by atoms with E-state index in [-0.39, 0.29) is 23.1 Å². The zero-order chi connectivity index (χ0) is 14.4. The molecule has 18 heavy (non-hydrogen) atoms. The summed E-state index contributed by atoms with van der Waals surface area (Å²) in [5.41, 5.74) is 0. The van der Waals surface area contributed by atoms with Crippen LogP contribution in [-0.4, -0.2) is 41.1 Å². The van der Waals surface area contributed by atoms with Crippen LogP contribution in [0.5, 0.6) is 0 Å². The number of carboxylic acids is 3. The van der Waals surface area contributed by atoms with Gasteiger partial charge >= 0.3 is 17.4 Å².